The van der Waals surface area contributed by atoms with E-state index in [9.17, 15) is 0 Å². The van der Waals surface area contributed by atoms with Crippen molar-refractivity contribution < 1.29 is 0 Å². The van der Waals surface area contributed by atoms with Crippen molar-refractivity contribution in [2.24, 2.45) is 0 Å². The number of aryl methyl sites for hydroxylation is 1. The van der Waals surface area contributed by atoms with Gasteiger partial charge in [0, 0.05) is 10.2 Å². The van der Waals surface area contributed by atoms with Gasteiger partial charge in [-0.05, 0) is 18.4 Å². The number of alkyl halides is 1. The van der Waals surface area contributed by atoms with E-state index in [1.54, 1.807) is 22.7 Å². The molecule has 0 aromatic carbocycles. The van der Waals surface area contributed by atoms with Crippen molar-refractivity contribution in [3.63, 3.8) is 0 Å². The van der Waals surface area contributed by atoms with Crippen molar-refractivity contribution >= 4 is 38.6 Å². The van der Waals surface area contributed by atoms with Gasteiger partial charge in [-0.15, -0.1) is 22.7 Å². The van der Waals surface area contributed by atoms with Gasteiger partial charge in [-0.25, -0.2) is 4.98 Å². The van der Waals surface area contributed by atoms with E-state index >= 15 is 0 Å². The highest BCUT2D eigenvalue weighted by Crippen LogP contribution is 2.31. The summed E-state index contributed by atoms with van der Waals surface area (Å²) in [7, 11) is 0. The molecule has 0 atom stereocenters. The van der Waals surface area contributed by atoms with Crippen LogP contribution in [0.1, 0.15) is 10.6 Å². The highest BCUT2D eigenvalue weighted by atomic mass is 79.9. The summed E-state index contributed by atoms with van der Waals surface area (Å²) in [5.74, 6) is 0. The molecule has 0 aliphatic rings. The first-order valence-electron chi connectivity index (χ1n) is 3.87. The number of hydrogen-bond donors (Lipinski definition) is 0. The Kier molecular flexibility index (Phi) is 2.81. The number of thiazole rings is 1. The molecule has 0 unspecified atom stereocenters. The molecular formula is C9H8BrNS2. The van der Waals surface area contributed by atoms with Crippen molar-refractivity contribution in [3.8, 4) is 9.88 Å². The van der Waals surface area contributed by atoms with Crippen LogP contribution in [0.5, 0.6) is 0 Å². The standard InChI is InChI=1S/C9H8BrNS2/c1-6-8(5-10)13-9(11-6)7-3-2-4-12-7/h2-4H,5H2,1H3. The zero-order chi connectivity index (χ0) is 9.26. The third-order valence-corrected chi connectivity index (χ3v) is 4.87. The van der Waals surface area contributed by atoms with Gasteiger partial charge >= 0.3 is 0 Å². The SMILES string of the molecule is Cc1nc(-c2cccs2)sc1CBr. The summed E-state index contributed by atoms with van der Waals surface area (Å²) in [6.45, 7) is 2.06. The lowest BCUT2D eigenvalue weighted by molar-refractivity contribution is 1.23. The van der Waals surface area contributed by atoms with Gasteiger partial charge < -0.3 is 0 Å². The van der Waals surface area contributed by atoms with Gasteiger partial charge in [0.05, 0.1) is 10.6 Å². The maximum absolute atomic E-state index is 4.52. The molecular weight excluding hydrogens is 266 g/mol. The second-order valence-electron chi connectivity index (χ2n) is 2.64. The second-order valence-corrected chi connectivity index (χ2v) is 5.23. The minimum Gasteiger partial charge on any atom is -0.240 e. The number of nitrogens with zero attached hydrogens (tertiary/aromatic N) is 1. The molecule has 2 aromatic rings. The average molecular weight is 274 g/mol. The molecule has 2 heterocycles. The molecule has 0 fully saturated rings. The molecule has 68 valence electrons. The van der Waals surface area contributed by atoms with Crippen LogP contribution in [0, 0.1) is 6.92 Å². The van der Waals surface area contributed by atoms with Gasteiger partial charge in [0.1, 0.15) is 5.01 Å². The van der Waals surface area contributed by atoms with Crippen LogP contribution in [-0.2, 0) is 5.33 Å². The van der Waals surface area contributed by atoms with Gasteiger partial charge in [0.25, 0.3) is 0 Å². The van der Waals surface area contributed by atoms with E-state index in [0.29, 0.717) is 0 Å². The van der Waals surface area contributed by atoms with E-state index in [-0.39, 0.29) is 0 Å². The highest BCUT2D eigenvalue weighted by molar-refractivity contribution is 9.08. The Balaban J connectivity index is 2.43. The number of thiophene rings is 1. The molecule has 2 aromatic heterocycles. The van der Waals surface area contributed by atoms with Crippen LogP contribution in [0.3, 0.4) is 0 Å². The smallest absolute Gasteiger partial charge is 0.133 e. The molecule has 1 nitrogen and oxygen atoms in total. The fourth-order valence-electron chi connectivity index (χ4n) is 1.06. The quantitative estimate of drug-likeness (QED) is 0.752. The largest absolute Gasteiger partial charge is 0.240 e. The fourth-order valence-corrected chi connectivity index (χ4v) is 3.52. The van der Waals surface area contributed by atoms with Crippen LogP contribution in [0.25, 0.3) is 9.88 Å². The van der Waals surface area contributed by atoms with Crippen molar-refractivity contribution in [1.82, 2.24) is 4.98 Å². The van der Waals surface area contributed by atoms with Crippen molar-refractivity contribution in [2.75, 3.05) is 0 Å². The molecule has 0 radical (unpaired) electrons. The van der Waals surface area contributed by atoms with Crippen LogP contribution in [-0.4, -0.2) is 4.98 Å². The Morgan fingerprint density at radius 1 is 1.54 bits per heavy atom. The molecule has 0 aliphatic carbocycles. The summed E-state index contributed by atoms with van der Waals surface area (Å²) in [4.78, 5) is 7.11. The van der Waals surface area contributed by atoms with Gasteiger partial charge in [-0.3, -0.25) is 0 Å². The van der Waals surface area contributed by atoms with Crippen molar-refractivity contribution in [2.45, 2.75) is 12.3 Å². The summed E-state index contributed by atoms with van der Waals surface area (Å²) in [5, 5.41) is 4.13. The van der Waals surface area contributed by atoms with E-state index in [0.717, 1.165) is 16.0 Å². The predicted molar refractivity (Wildman–Crippen MR) is 62.8 cm³/mol. The van der Waals surface area contributed by atoms with Gasteiger partial charge in [0.15, 0.2) is 0 Å². The first-order chi connectivity index (χ1) is 6.31. The second kappa shape index (κ2) is 3.90. The van der Waals surface area contributed by atoms with Crippen LogP contribution in [0.15, 0.2) is 17.5 Å². The van der Waals surface area contributed by atoms with Crippen LogP contribution in [0.2, 0.25) is 0 Å². The van der Waals surface area contributed by atoms with Crippen LogP contribution >= 0.6 is 38.6 Å². The lowest BCUT2D eigenvalue weighted by Crippen LogP contribution is -1.75. The van der Waals surface area contributed by atoms with Gasteiger partial charge in [-0.2, -0.15) is 0 Å². The van der Waals surface area contributed by atoms with Crippen molar-refractivity contribution in [1.29, 1.82) is 0 Å². The third-order valence-electron chi connectivity index (χ3n) is 1.75. The Labute approximate surface area is 93.6 Å². The Bertz CT molecular complexity index is 392. The van der Waals surface area contributed by atoms with E-state index in [1.165, 1.54) is 9.75 Å². The summed E-state index contributed by atoms with van der Waals surface area (Å²) in [6.07, 6.45) is 0. The number of rotatable bonds is 2. The first kappa shape index (κ1) is 9.37. The molecule has 0 spiro atoms. The molecule has 2 rings (SSSR count). The molecule has 0 amide bonds. The van der Waals surface area contributed by atoms with Crippen molar-refractivity contribution in [3.05, 3.63) is 28.1 Å². The topological polar surface area (TPSA) is 12.9 Å². The molecule has 13 heavy (non-hydrogen) atoms. The van der Waals surface area contributed by atoms with Crippen LogP contribution < -0.4 is 0 Å². The molecule has 0 N–H and O–H groups in total. The number of halogens is 1. The van der Waals surface area contributed by atoms with E-state index in [1.807, 2.05) is 0 Å². The fraction of sp³-hybridized carbons (Fsp3) is 0.222. The average Bonchev–Trinajstić information content (AvgIpc) is 2.71. The zero-order valence-corrected chi connectivity index (χ0v) is 10.3. The third kappa shape index (κ3) is 1.85. The number of aromatic nitrogens is 1. The molecule has 0 aliphatic heterocycles. The molecule has 0 bridgehead atoms. The first-order valence-corrected chi connectivity index (χ1v) is 6.69. The Morgan fingerprint density at radius 2 is 2.38 bits per heavy atom. The minimum atomic E-state index is 0.905. The highest BCUT2D eigenvalue weighted by Gasteiger charge is 2.08. The van der Waals surface area contributed by atoms with E-state index < -0.39 is 0 Å². The lowest BCUT2D eigenvalue weighted by Gasteiger charge is -1.85. The Hall–Kier alpha value is -0.190. The number of hydrogen-bond acceptors (Lipinski definition) is 3. The predicted octanol–water partition coefficient (Wildman–Crippen LogP) is 4.07. The summed E-state index contributed by atoms with van der Waals surface area (Å²) < 4.78 is 0. The minimum absolute atomic E-state index is 0.905. The van der Waals surface area contributed by atoms with Crippen LogP contribution in [0.4, 0.5) is 0 Å². The normalized spacial score (nSPS) is 10.6. The monoisotopic (exact) mass is 273 g/mol. The summed E-state index contributed by atoms with van der Waals surface area (Å²) >= 11 is 6.97. The van der Waals surface area contributed by atoms with E-state index in [2.05, 4.69) is 45.4 Å². The maximum atomic E-state index is 4.52. The molecule has 4 heteroatoms. The molecule has 0 saturated heterocycles. The van der Waals surface area contributed by atoms with E-state index in [4.69, 9.17) is 0 Å². The lowest BCUT2D eigenvalue weighted by atomic mass is 10.4. The van der Waals surface area contributed by atoms with Gasteiger partial charge in [0.2, 0.25) is 0 Å². The summed E-state index contributed by atoms with van der Waals surface area (Å²) in [6, 6.07) is 4.17. The molecule has 0 saturated carbocycles. The van der Waals surface area contributed by atoms with Gasteiger partial charge in [-0.1, -0.05) is 22.0 Å². The zero-order valence-electron chi connectivity index (χ0n) is 7.08. The maximum Gasteiger partial charge on any atom is 0.133 e. The summed E-state index contributed by atoms with van der Waals surface area (Å²) in [5.41, 5.74) is 1.14. The Morgan fingerprint density at radius 3 is 2.92 bits per heavy atom.